The van der Waals surface area contributed by atoms with Gasteiger partial charge in [0.1, 0.15) is 0 Å². The van der Waals surface area contributed by atoms with Gasteiger partial charge in [0.15, 0.2) is 5.11 Å². The van der Waals surface area contributed by atoms with Gasteiger partial charge in [-0.3, -0.25) is 10.1 Å². The van der Waals surface area contributed by atoms with Crippen molar-refractivity contribution in [2.75, 3.05) is 13.2 Å². The van der Waals surface area contributed by atoms with Gasteiger partial charge in [-0.05, 0) is 36.7 Å². The van der Waals surface area contributed by atoms with E-state index in [4.69, 9.17) is 17.0 Å². The fraction of sp³-hybridized carbons (Fsp3) is 0.333. The molecular weight excluding hydrogens is 272 g/mol. The molecular formula is C15H18N2O2S. The van der Waals surface area contributed by atoms with E-state index in [1.807, 2.05) is 30.3 Å². The molecule has 2 rings (SSSR count). The van der Waals surface area contributed by atoms with Crippen LogP contribution in [-0.4, -0.2) is 30.3 Å². The minimum atomic E-state index is -0.237. The van der Waals surface area contributed by atoms with Crippen LogP contribution in [0.4, 0.5) is 0 Å². The Labute approximate surface area is 124 Å². The summed E-state index contributed by atoms with van der Waals surface area (Å²) < 4.78 is 5.46. The topological polar surface area (TPSA) is 50.4 Å². The predicted molar refractivity (Wildman–Crippen MR) is 83.2 cm³/mol. The highest BCUT2D eigenvalue weighted by Crippen LogP contribution is 2.10. The number of benzene rings is 1. The lowest BCUT2D eigenvalue weighted by molar-refractivity contribution is -0.115. The largest absolute Gasteiger partial charge is 0.376 e. The zero-order valence-corrected chi connectivity index (χ0v) is 12.0. The molecule has 0 aromatic heterocycles. The molecule has 5 heteroatoms. The highest BCUT2D eigenvalue weighted by molar-refractivity contribution is 7.80. The van der Waals surface area contributed by atoms with Gasteiger partial charge in [0.05, 0.1) is 6.10 Å². The SMILES string of the molecule is O=C(C=Cc1ccccc1)NC(=S)NCC1CCCO1. The van der Waals surface area contributed by atoms with Gasteiger partial charge >= 0.3 is 0 Å². The van der Waals surface area contributed by atoms with Crippen molar-refractivity contribution in [3.05, 3.63) is 42.0 Å². The van der Waals surface area contributed by atoms with Gasteiger partial charge < -0.3 is 10.1 Å². The molecule has 1 unspecified atom stereocenters. The summed E-state index contributed by atoms with van der Waals surface area (Å²) in [6.45, 7) is 1.45. The van der Waals surface area contributed by atoms with Crippen LogP contribution >= 0.6 is 12.2 Å². The number of nitrogens with one attached hydrogen (secondary N) is 2. The maximum atomic E-state index is 11.7. The molecule has 2 N–H and O–H groups in total. The van der Waals surface area contributed by atoms with E-state index in [0.29, 0.717) is 11.7 Å². The van der Waals surface area contributed by atoms with E-state index in [-0.39, 0.29) is 12.0 Å². The molecule has 1 atom stereocenters. The van der Waals surface area contributed by atoms with Crippen LogP contribution in [0, 0.1) is 0 Å². The van der Waals surface area contributed by atoms with Gasteiger partial charge in [0.25, 0.3) is 0 Å². The predicted octanol–water partition coefficient (Wildman–Crippen LogP) is 1.87. The lowest BCUT2D eigenvalue weighted by atomic mass is 10.2. The molecule has 20 heavy (non-hydrogen) atoms. The van der Waals surface area contributed by atoms with Crippen LogP contribution in [0.25, 0.3) is 6.08 Å². The summed E-state index contributed by atoms with van der Waals surface area (Å²) in [5.74, 6) is -0.237. The normalized spacial score (nSPS) is 18.1. The lowest BCUT2D eigenvalue weighted by Gasteiger charge is -2.12. The molecule has 1 fully saturated rings. The molecule has 1 aliphatic heterocycles. The van der Waals surface area contributed by atoms with Crippen molar-refractivity contribution >= 4 is 29.3 Å². The molecule has 106 valence electrons. The summed E-state index contributed by atoms with van der Waals surface area (Å²) in [4.78, 5) is 11.7. The van der Waals surface area contributed by atoms with Gasteiger partial charge in [-0.25, -0.2) is 0 Å². The van der Waals surface area contributed by atoms with Crippen molar-refractivity contribution in [3.8, 4) is 0 Å². The van der Waals surface area contributed by atoms with Crippen LogP contribution in [0.1, 0.15) is 18.4 Å². The first-order valence-electron chi connectivity index (χ1n) is 6.67. The molecule has 1 aromatic carbocycles. The highest BCUT2D eigenvalue weighted by atomic mass is 32.1. The number of hydrogen-bond donors (Lipinski definition) is 2. The second-order valence-electron chi connectivity index (χ2n) is 4.58. The van der Waals surface area contributed by atoms with Crippen LogP contribution in [0.2, 0.25) is 0 Å². The minimum absolute atomic E-state index is 0.199. The smallest absolute Gasteiger partial charge is 0.250 e. The zero-order valence-electron chi connectivity index (χ0n) is 11.2. The molecule has 0 bridgehead atoms. The molecule has 0 spiro atoms. The van der Waals surface area contributed by atoms with Crippen molar-refractivity contribution < 1.29 is 9.53 Å². The number of rotatable bonds is 4. The van der Waals surface area contributed by atoms with Gasteiger partial charge in [-0.1, -0.05) is 30.3 Å². The van der Waals surface area contributed by atoms with Gasteiger partial charge in [-0.2, -0.15) is 0 Å². The summed E-state index contributed by atoms with van der Waals surface area (Å²) >= 11 is 5.06. The third kappa shape index (κ3) is 5.11. The lowest BCUT2D eigenvalue weighted by Crippen LogP contribution is -2.41. The zero-order chi connectivity index (χ0) is 14.2. The second kappa shape index (κ2) is 7.77. The average Bonchev–Trinajstić information content (AvgIpc) is 2.97. The van der Waals surface area contributed by atoms with Crippen LogP contribution in [0.3, 0.4) is 0 Å². The van der Waals surface area contributed by atoms with Crippen LogP contribution in [-0.2, 0) is 9.53 Å². The molecule has 0 aliphatic carbocycles. The molecule has 1 heterocycles. The Hall–Kier alpha value is -1.72. The number of thiocarbonyl (C=S) groups is 1. The fourth-order valence-corrected chi connectivity index (χ4v) is 2.13. The number of hydrogen-bond acceptors (Lipinski definition) is 3. The summed E-state index contributed by atoms with van der Waals surface area (Å²) in [7, 11) is 0. The van der Waals surface area contributed by atoms with Crippen LogP contribution < -0.4 is 10.6 Å². The molecule has 4 nitrogen and oxygen atoms in total. The molecule has 1 saturated heterocycles. The second-order valence-corrected chi connectivity index (χ2v) is 4.99. The Bertz CT molecular complexity index is 482. The Morgan fingerprint density at radius 3 is 2.90 bits per heavy atom. The summed E-state index contributed by atoms with van der Waals surface area (Å²) in [6, 6.07) is 9.63. The van der Waals surface area contributed by atoms with Gasteiger partial charge in [0, 0.05) is 19.2 Å². The number of ether oxygens (including phenoxy) is 1. The van der Waals surface area contributed by atoms with Gasteiger partial charge in [-0.15, -0.1) is 0 Å². The fourth-order valence-electron chi connectivity index (χ4n) is 1.95. The minimum Gasteiger partial charge on any atom is -0.376 e. The van der Waals surface area contributed by atoms with E-state index in [1.165, 1.54) is 6.08 Å². The Morgan fingerprint density at radius 1 is 1.40 bits per heavy atom. The average molecular weight is 290 g/mol. The maximum absolute atomic E-state index is 11.7. The van der Waals surface area contributed by atoms with E-state index in [9.17, 15) is 4.79 Å². The van der Waals surface area contributed by atoms with Crippen molar-refractivity contribution in [3.63, 3.8) is 0 Å². The number of amides is 1. The third-order valence-corrected chi connectivity index (χ3v) is 3.22. The first kappa shape index (κ1) is 14.7. The quantitative estimate of drug-likeness (QED) is 0.656. The Morgan fingerprint density at radius 2 is 2.20 bits per heavy atom. The van der Waals surface area contributed by atoms with Crippen molar-refractivity contribution in [1.29, 1.82) is 0 Å². The van der Waals surface area contributed by atoms with Crippen LogP contribution in [0.15, 0.2) is 36.4 Å². The van der Waals surface area contributed by atoms with E-state index in [2.05, 4.69) is 10.6 Å². The molecule has 0 saturated carbocycles. The van der Waals surface area contributed by atoms with E-state index < -0.39 is 0 Å². The molecule has 0 radical (unpaired) electrons. The summed E-state index contributed by atoms with van der Waals surface area (Å²) in [6.07, 6.45) is 5.54. The van der Waals surface area contributed by atoms with Crippen molar-refractivity contribution in [2.45, 2.75) is 18.9 Å². The molecule has 1 aliphatic rings. The van der Waals surface area contributed by atoms with Crippen LogP contribution in [0.5, 0.6) is 0 Å². The Balaban J connectivity index is 1.70. The standard InChI is InChI=1S/C15H18N2O2S/c18-14(9-8-12-5-2-1-3-6-12)17-15(20)16-11-13-7-4-10-19-13/h1-3,5-6,8-9,13H,4,7,10-11H2,(H2,16,17,18,20). The Kier molecular flexibility index (Phi) is 5.70. The highest BCUT2D eigenvalue weighted by Gasteiger charge is 2.15. The van der Waals surface area contributed by atoms with Gasteiger partial charge in [0.2, 0.25) is 5.91 Å². The summed E-state index contributed by atoms with van der Waals surface area (Å²) in [5, 5.41) is 5.94. The summed E-state index contributed by atoms with van der Waals surface area (Å²) in [5.41, 5.74) is 0.973. The third-order valence-electron chi connectivity index (χ3n) is 2.98. The van der Waals surface area contributed by atoms with E-state index in [1.54, 1.807) is 6.08 Å². The van der Waals surface area contributed by atoms with Crippen molar-refractivity contribution in [2.24, 2.45) is 0 Å². The monoisotopic (exact) mass is 290 g/mol. The molecule has 1 amide bonds. The number of carbonyl (C=O) groups is 1. The number of carbonyl (C=O) groups excluding carboxylic acids is 1. The van der Waals surface area contributed by atoms with E-state index >= 15 is 0 Å². The first-order valence-corrected chi connectivity index (χ1v) is 7.08. The molecule has 1 aromatic rings. The van der Waals surface area contributed by atoms with E-state index in [0.717, 1.165) is 25.0 Å². The van der Waals surface area contributed by atoms with Crippen molar-refractivity contribution in [1.82, 2.24) is 10.6 Å². The maximum Gasteiger partial charge on any atom is 0.250 e. The first-order chi connectivity index (χ1) is 9.74.